The van der Waals surface area contributed by atoms with Crippen molar-refractivity contribution in [3.8, 4) is 0 Å². The molecule has 0 aliphatic carbocycles. The van der Waals surface area contributed by atoms with Gasteiger partial charge in [-0.2, -0.15) is 0 Å². The van der Waals surface area contributed by atoms with Gasteiger partial charge in [0.15, 0.2) is 0 Å². The molecule has 3 aromatic rings. The summed E-state index contributed by atoms with van der Waals surface area (Å²) in [6.07, 6.45) is 0.231. The van der Waals surface area contributed by atoms with E-state index in [2.05, 4.69) is 5.29 Å². The Kier molecular flexibility index (Phi) is 5.84. The average Bonchev–Trinajstić information content (AvgIpc) is 2.75. The molecule has 0 spiro atoms. The second kappa shape index (κ2) is 8.48. The van der Waals surface area contributed by atoms with E-state index >= 15 is 0 Å². The highest BCUT2D eigenvalue weighted by atomic mass is 16.4. The highest BCUT2D eigenvalue weighted by molar-refractivity contribution is 5.74. The van der Waals surface area contributed by atoms with Gasteiger partial charge in [0.05, 0.1) is 5.29 Å². The first-order valence-electron chi connectivity index (χ1n) is 9.18. The molecule has 0 amide bonds. The van der Waals surface area contributed by atoms with Gasteiger partial charge in [-0.3, -0.25) is 0 Å². The molecule has 5 heteroatoms. The maximum atomic E-state index is 12.2. The molecule has 1 atom stereocenters. The molecule has 0 heterocycles. The fourth-order valence-electron chi connectivity index (χ4n) is 3.74. The summed E-state index contributed by atoms with van der Waals surface area (Å²) in [6, 6.07) is 27.2. The zero-order chi connectivity index (χ0) is 20.0. The number of hydrogen-bond donors (Lipinski definition) is 1. The van der Waals surface area contributed by atoms with Crippen molar-refractivity contribution >= 4 is 5.97 Å². The smallest absolute Gasteiger partial charge is 0.328 e. The Morgan fingerprint density at radius 2 is 1.21 bits per heavy atom. The van der Waals surface area contributed by atoms with E-state index < -0.39 is 17.6 Å². The summed E-state index contributed by atoms with van der Waals surface area (Å²) in [6.45, 7) is 1.74. The van der Waals surface area contributed by atoms with Crippen molar-refractivity contribution in [3.63, 3.8) is 0 Å². The molecule has 0 saturated heterocycles. The molecule has 3 rings (SSSR count). The lowest BCUT2D eigenvalue weighted by molar-refractivity contribution is -0.145. The highest BCUT2D eigenvalue weighted by Crippen LogP contribution is 2.44. The van der Waals surface area contributed by atoms with E-state index in [-0.39, 0.29) is 6.42 Å². The SMILES string of the molecule is CCC(C(=O)O)N(N=O)C(c1ccccc1)(c1ccccc1)c1ccccc1. The second-order valence-corrected chi connectivity index (χ2v) is 6.50. The first kappa shape index (κ1) is 19.3. The molecular formula is C23H22N2O3. The van der Waals surface area contributed by atoms with Crippen LogP contribution in [0.4, 0.5) is 0 Å². The number of hydrogen-bond acceptors (Lipinski definition) is 3. The molecule has 0 radical (unpaired) electrons. The highest BCUT2D eigenvalue weighted by Gasteiger charge is 2.47. The molecule has 0 aromatic heterocycles. The van der Waals surface area contributed by atoms with Gasteiger partial charge in [0.2, 0.25) is 0 Å². The maximum absolute atomic E-state index is 12.2. The van der Waals surface area contributed by atoms with Crippen molar-refractivity contribution in [3.05, 3.63) is 113 Å². The molecule has 0 saturated carbocycles. The van der Waals surface area contributed by atoms with Crippen LogP contribution < -0.4 is 0 Å². The van der Waals surface area contributed by atoms with Crippen LogP contribution in [-0.2, 0) is 10.3 Å². The van der Waals surface area contributed by atoms with Crippen molar-refractivity contribution in [1.29, 1.82) is 0 Å². The third-order valence-electron chi connectivity index (χ3n) is 4.97. The zero-order valence-electron chi connectivity index (χ0n) is 15.6. The zero-order valence-corrected chi connectivity index (χ0v) is 15.6. The van der Waals surface area contributed by atoms with E-state index in [9.17, 15) is 14.8 Å². The van der Waals surface area contributed by atoms with E-state index in [1.165, 1.54) is 5.01 Å². The summed E-state index contributed by atoms with van der Waals surface area (Å²) in [5, 5.41) is 14.3. The Labute approximate surface area is 164 Å². The van der Waals surface area contributed by atoms with Gasteiger partial charge in [0, 0.05) is 0 Å². The van der Waals surface area contributed by atoms with Crippen LogP contribution in [-0.4, -0.2) is 22.1 Å². The van der Waals surface area contributed by atoms with Crippen LogP contribution in [0.3, 0.4) is 0 Å². The molecule has 0 fully saturated rings. The van der Waals surface area contributed by atoms with Crippen LogP contribution in [0.1, 0.15) is 30.0 Å². The van der Waals surface area contributed by atoms with Gasteiger partial charge in [-0.15, -0.1) is 4.91 Å². The number of carboxylic acid groups (broad SMARTS) is 1. The molecule has 1 unspecified atom stereocenters. The number of carbonyl (C=O) groups is 1. The molecule has 28 heavy (non-hydrogen) atoms. The Bertz CT molecular complexity index is 818. The van der Waals surface area contributed by atoms with Gasteiger partial charge in [-0.25, -0.2) is 9.80 Å². The first-order chi connectivity index (χ1) is 13.7. The van der Waals surface area contributed by atoms with Crippen LogP contribution in [0.15, 0.2) is 96.3 Å². The minimum Gasteiger partial charge on any atom is -0.480 e. The lowest BCUT2D eigenvalue weighted by Gasteiger charge is -2.44. The monoisotopic (exact) mass is 374 g/mol. The number of aliphatic carboxylic acids is 1. The standard InChI is InChI=1S/C23H22N2O3/c1-2-21(22(26)27)25(24-28)23(18-12-6-3-7-13-18,19-14-8-4-9-15-19)20-16-10-5-11-17-20/h3-17,21H,2H2,1H3,(H,26,27). The second-order valence-electron chi connectivity index (χ2n) is 6.50. The molecule has 0 aliphatic heterocycles. The number of nitrogens with zero attached hydrogens (tertiary/aromatic N) is 2. The Hall–Kier alpha value is -3.47. The number of carboxylic acids is 1. The van der Waals surface area contributed by atoms with E-state index in [1.807, 2.05) is 91.0 Å². The molecular weight excluding hydrogens is 352 g/mol. The minimum absolute atomic E-state index is 0.231. The summed E-state index contributed by atoms with van der Waals surface area (Å²) >= 11 is 0. The average molecular weight is 374 g/mol. The fraction of sp³-hybridized carbons (Fsp3) is 0.174. The van der Waals surface area contributed by atoms with Gasteiger partial charge in [-0.1, -0.05) is 97.9 Å². The van der Waals surface area contributed by atoms with Crippen molar-refractivity contribution in [1.82, 2.24) is 5.01 Å². The minimum atomic E-state index is -1.18. The topological polar surface area (TPSA) is 70.0 Å². The number of benzene rings is 3. The third-order valence-corrected chi connectivity index (χ3v) is 4.97. The Morgan fingerprint density at radius 1 is 0.857 bits per heavy atom. The molecule has 142 valence electrons. The van der Waals surface area contributed by atoms with Crippen LogP contribution in [0.2, 0.25) is 0 Å². The summed E-state index contributed by atoms with van der Waals surface area (Å²) in [7, 11) is 0. The largest absolute Gasteiger partial charge is 0.480 e. The lowest BCUT2D eigenvalue weighted by Crippen LogP contribution is -2.52. The van der Waals surface area contributed by atoms with Gasteiger partial charge >= 0.3 is 5.97 Å². The summed E-state index contributed by atoms with van der Waals surface area (Å²) in [4.78, 5) is 24.2. The van der Waals surface area contributed by atoms with Gasteiger partial charge < -0.3 is 5.11 Å². The predicted octanol–water partition coefficient (Wildman–Crippen LogP) is 4.83. The number of rotatable bonds is 8. The molecule has 5 nitrogen and oxygen atoms in total. The number of nitroso groups, excluding NO2 is 1. The van der Waals surface area contributed by atoms with Crippen LogP contribution in [0, 0.1) is 4.91 Å². The molecule has 0 bridgehead atoms. The lowest BCUT2D eigenvalue weighted by atomic mass is 9.75. The first-order valence-corrected chi connectivity index (χ1v) is 9.18. The quantitative estimate of drug-likeness (QED) is 0.348. The summed E-state index contributed by atoms with van der Waals surface area (Å²) in [5.41, 5.74) is 1.13. The van der Waals surface area contributed by atoms with Crippen LogP contribution in [0.25, 0.3) is 0 Å². The van der Waals surface area contributed by atoms with E-state index in [4.69, 9.17) is 0 Å². The Balaban J connectivity index is 2.43. The molecule has 0 aliphatic rings. The maximum Gasteiger partial charge on any atom is 0.328 e. The van der Waals surface area contributed by atoms with Crippen molar-refractivity contribution in [2.45, 2.75) is 24.9 Å². The third kappa shape index (κ3) is 3.27. The predicted molar refractivity (Wildman–Crippen MR) is 109 cm³/mol. The summed E-state index contributed by atoms with van der Waals surface area (Å²) in [5.74, 6) is -1.09. The van der Waals surface area contributed by atoms with Crippen LogP contribution in [0.5, 0.6) is 0 Å². The van der Waals surface area contributed by atoms with Crippen molar-refractivity contribution < 1.29 is 9.90 Å². The van der Waals surface area contributed by atoms with E-state index in [1.54, 1.807) is 6.92 Å². The van der Waals surface area contributed by atoms with E-state index in [0.29, 0.717) is 0 Å². The molecule has 1 N–H and O–H groups in total. The van der Waals surface area contributed by atoms with Gasteiger partial charge in [0.1, 0.15) is 11.6 Å². The normalized spacial score (nSPS) is 12.2. The van der Waals surface area contributed by atoms with Crippen LogP contribution >= 0.6 is 0 Å². The van der Waals surface area contributed by atoms with E-state index in [0.717, 1.165) is 16.7 Å². The molecule has 3 aromatic carbocycles. The Morgan fingerprint density at radius 3 is 1.46 bits per heavy atom. The van der Waals surface area contributed by atoms with Gasteiger partial charge in [0.25, 0.3) is 0 Å². The fourth-order valence-corrected chi connectivity index (χ4v) is 3.74. The van der Waals surface area contributed by atoms with Crippen molar-refractivity contribution in [2.75, 3.05) is 0 Å². The van der Waals surface area contributed by atoms with Gasteiger partial charge in [-0.05, 0) is 23.1 Å². The van der Waals surface area contributed by atoms with Crippen molar-refractivity contribution in [2.24, 2.45) is 5.29 Å². The summed E-state index contributed by atoms with van der Waals surface area (Å²) < 4.78 is 0.